The van der Waals surface area contributed by atoms with Gasteiger partial charge in [-0.15, -0.1) is 0 Å². The van der Waals surface area contributed by atoms with Gasteiger partial charge >= 0.3 is 17.8 Å². The zero-order chi connectivity index (χ0) is 17.7. The highest BCUT2D eigenvalue weighted by Gasteiger charge is 2.20. The van der Waals surface area contributed by atoms with Crippen molar-refractivity contribution in [2.45, 2.75) is 0 Å². The molecule has 2 aromatic rings. The molecule has 0 radical (unpaired) electrons. The normalized spacial score (nSPS) is 9.96. The number of hydrogen-bond acceptors (Lipinski definition) is 4. The van der Waals surface area contributed by atoms with Crippen LogP contribution in [-0.2, 0) is 14.3 Å². The first-order chi connectivity index (χ1) is 11.4. The van der Waals surface area contributed by atoms with Crippen molar-refractivity contribution < 1.29 is 19.1 Å². The topological polar surface area (TPSA) is 84.5 Å². The van der Waals surface area contributed by atoms with Crippen LogP contribution in [0.2, 0.25) is 10.0 Å². The Labute approximate surface area is 147 Å². The van der Waals surface area contributed by atoms with E-state index in [-0.39, 0.29) is 27.0 Å². The van der Waals surface area contributed by atoms with Crippen molar-refractivity contribution in [1.29, 1.82) is 0 Å². The summed E-state index contributed by atoms with van der Waals surface area (Å²) in [4.78, 5) is 35.7. The van der Waals surface area contributed by atoms with E-state index in [9.17, 15) is 14.4 Å². The van der Waals surface area contributed by atoms with Crippen LogP contribution in [-0.4, -0.2) is 24.9 Å². The van der Waals surface area contributed by atoms with E-state index in [0.29, 0.717) is 0 Å². The van der Waals surface area contributed by atoms with Crippen molar-refractivity contribution >= 4 is 52.4 Å². The van der Waals surface area contributed by atoms with Crippen LogP contribution in [0.1, 0.15) is 10.4 Å². The van der Waals surface area contributed by atoms with Gasteiger partial charge in [0.2, 0.25) is 0 Å². The number of nitrogens with one attached hydrogen (secondary N) is 2. The zero-order valence-electron chi connectivity index (χ0n) is 12.4. The molecule has 0 saturated heterocycles. The molecule has 0 aliphatic rings. The minimum atomic E-state index is -0.984. The van der Waals surface area contributed by atoms with Crippen molar-refractivity contribution in [2.24, 2.45) is 0 Å². The predicted molar refractivity (Wildman–Crippen MR) is 91.5 cm³/mol. The van der Waals surface area contributed by atoms with Gasteiger partial charge in [-0.1, -0.05) is 41.4 Å². The smallest absolute Gasteiger partial charge is 0.339 e. The summed E-state index contributed by atoms with van der Waals surface area (Å²) in [6.07, 6.45) is 0. The number of para-hydroxylation sites is 2. The number of methoxy groups -OCH3 is 1. The van der Waals surface area contributed by atoms with E-state index in [1.165, 1.54) is 31.4 Å². The highest BCUT2D eigenvalue weighted by atomic mass is 35.5. The third-order valence-corrected chi connectivity index (χ3v) is 3.62. The Morgan fingerprint density at radius 3 is 2.08 bits per heavy atom. The molecule has 0 bridgehead atoms. The molecule has 0 unspecified atom stereocenters. The fourth-order valence-corrected chi connectivity index (χ4v) is 2.34. The average molecular weight is 367 g/mol. The van der Waals surface area contributed by atoms with Crippen molar-refractivity contribution in [3.63, 3.8) is 0 Å². The maximum absolute atomic E-state index is 12.0. The van der Waals surface area contributed by atoms with Gasteiger partial charge < -0.3 is 15.4 Å². The predicted octanol–water partition coefficient (Wildman–Crippen LogP) is 3.36. The van der Waals surface area contributed by atoms with Crippen molar-refractivity contribution in [2.75, 3.05) is 17.7 Å². The first kappa shape index (κ1) is 17.8. The van der Waals surface area contributed by atoms with Gasteiger partial charge in [0.1, 0.15) is 0 Å². The van der Waals surface area contributed by atoms with Crippen LogP contribution in [0.25, 0.3) is 0 Å². The zero-order valence-corrected chi connectivity index (χ0v) is 13.9. The molecule has 0 atom stereocenters. The third-order valence-electron chi connectivity index (χ3n) is 2.99. The van der Waals surface area contributed by atoms with Crippen LogP contribution in [0, 0.1) is 0 Å². The molecule has 0 aliphatic carbocycles. The number of hydrogen-bond donors (Lipinski definition) is 2. The van der Waals surface area contributed by atoms with Gasteiger partial charge in [-0.05, 0) is 24.3 Å². The number of benzene rings is 2. The molecule has 8 heteroatoms. The summed E-state index contributed by atoms with van der Waals surface area (Å²) >= 11 is 11.9. The molecule has 0 aromatic heterocycles. The summed E-state index contributed by atoms with van der Waals surface area (Å²) in [6, 6.07) is 10.8. The first-order valence-corrected chi connectivity index (χ1v) is 7.43. The molecule has 0 saturated carbocycles. The Balaban J connectivity index is 2.16. The number of carbonyl (C=O) groups is 3. The van der Waals surface area contributed by atoms with Gasteiger partial charge in [-0.3, -0.25) is 9.59 Å². The molecule has 0 fully saturated rings. The fourth-order valence-electron chi connectivity index (χ4n) is 1.85. The lowest BCUT2D eigenvalue weighted by atomic mass is 10.2. The first-order valence-electron chi connectivity index (χ1n) is 6.67. The summed E-state index contributed by atoms with van der Waals surface area (Å²) in [7, 11) is 1.22. The van der Waals surface area contributed by atoms with Gasteiger partial charge in [0, 0.05) is 0 Å². The molecule has 24 heavy (non-hydrogen) atoms. The molecule has 0 heterocycles. The van der Waals surface area contributed by atoms with E-state index < -0.39 is 17.8 Å². The molecule has 0 spiro atoms. The summed E-state index contributed by atoms with van der Waals surface area (Å²) in [5, 5.41) is 5.06. The van der Waals surface area contributed by atoms with Crippen molar-refractivity contribution in [3.05, 3.63) is 58.1 Å². The van der Waals surface area contributed by atoms with E-state index in [4.69, 9.17) is 23.2 Å². The molecule has 2 aromatic carbocycles. The van der Waals surface area contributed by atoms with Gasteiger partial charge in [0.25, 0.3) is 0 Å². The third kappa shape index (κ3) is 4.04. The highest BCUT2D eigenvalue weighted by Crippen LogP contribution is 2.29. The largest absolute Gasteiger partial charge is 0.465 e. The second-order valence-electron chi connectivity index (χ2n) is 4.54. The number of ether oxygens (including phenoxy) is 1. The molecule has 2 amide bonds. The Bertz CT molecular complexity index is 788. The lowest BCUT2D eigenvalue weighted by Gasteiger charge is -2.11. The monoisotopic (exact) mass is 366 g/mol. The summed E-state index contributed by atoms with van der Waals surface area (Å²) in [5.41, 5.74) is 0.397. The summed E-state index contributed by atoms with van der Waals surface area (Å²) in [6.45, 7) is 0. The standard InChI is InChI=1S/C16H12Cl2N2O4/c1-24-16(23)9-5-2-3-8-12(9)19-14(21)15(22)20-13-10(17)6-4-7-11(13)18/h2-8H,1H3,(H,19,21)(H,20,22). The number of rotatable bonds is 3. The summed E-state index contributed by atoms with van der Waals surface area (Å²) < 4.78 is 4.62. The van der Waals surface area contributed by atoms with E-state index in [2.05, 4.69) is 15.4 Å². The molecule has 2 N–H and O–H groups in total. The number of carbonyl (C=O) groups excluding carboxylic acids is 3. The number of halogens is 2. The van der Waals surface area contributed by atoms with Crippen LogP contribution < -0.4 is 10.6 Å². The Hall–Kier alpha value is -2.57. The maximum Gasteiger partial charge on any atom is 0.339 e. The van der Waals surface area contributed by atoms with E-state index in [1.807, 2.05) is 0 Å². The second-order valence-corrected chi connectivity index (χ2v) is 5.36. The second kappa shape index (κ2) is 7.81. The average Bonchev–Trinajstić information content (AvgIpc) is 2.57. The van der Waals surface area contributed by atoms with E-state index in [1.54, 1.807) is 18.2 Å². The maximum atomic E-state index is 12.0. The van der Waals surface area contributed by atoms with E-state index >= 15 is 0 Å². The van der Waals surface area contributed by atoms with E-state index in [0.717, 1.165) is 0 Å². The SMILES string of the molecule is COC(=O)c1ccccc1NC(=O)C(=O)Nc1c(Cl)cccc1Cl. The van der Waals surface area contributed by atoms with Gasteiger partial charge in [-0.2, -0.15) is 0 Å². The lowest BCUT2D eigenvalue weighted by molar-refractivity contribution is -0.133. The molecule has 6 nitrogen and oxygen atoms in total. The molecule has 2 rings (SSSR count). The Morgan fingerprint density at radius 1 is 0.875 bits per heavy atom. The number of esters is 1. The quantitative estimate of drug-likeness (QED) is 0.644. The van der Waals surface area contributed by atoms with Crippen LogP contribution in [0.15, 0.2) is 42.5 Å². The molecular weight excluding hydrogens is 355 g/mol. The number of amides is 2. The highest BCUT2D eigenvalue weighted by molar-refractivity contribution is 6.46. The van der Waals surface area contributed by atoms with Gasteiger partial charge in [-0.25, -0.2) is 4.79 Å². The van der Waals surface area contributed by atoms with Crippen molar-refractivity contribution in [3.8, 4) is 0 Å². The minimum Gasteiger partial charge on any atom is -0.465 e. The minimum absolute atomic E-state index is 0.122. The van der Waals surface area contributed by atoms with Gasteiger partial charge in [0.15, 0.2) is 0 Å². The van der Waals surface area contributed by atoms with Crippen molar-refractivity contribution in [1.82, 2.24) is 0 Å². The van der Waals surface area contributed by atoms with Crippen LogP contribution >= 0.6 is 23.2 Å². The Morgan fingerprint density at radius 2 is 1.46 bits per heavy atom. The molecule has 0 aliphatic heterocycles. The Kier molecular flexibility index (Phi) is 5.78. The molecule has 124 valence electrons. The molecular formula is C16H12Cl2N2O4. The van der Waals surface area contributed by atoms with Crippen LogP contribution in [0.5, 0.6) is 0 Å². The fraction of sp³-hybridized carbons (Fsp3) is 0.0625. The van der Waals surface area contributed by atoms with Gasteiger partial charge in [0.05, 0.1) is 34.1 Å². The number of anilines is 2. The lowest BCUT2D eigenvalue weighted by Crippen LogP contribution is -2.30. The van der Waals surface area contributed by atoms with Crippen LogP contribution in [0.3, 0.4) is 0 Å². The van der Waals surface area contributed by atoms with Crippen LogP contribution in [0.4, 0.5) is 11.4 Å². The summed E-state index contributed by atoms with van der Waals surface area (Å²) in [5.74, 6) is -2.60.